The molecule has 2 aromatic rings. The third-order valence-electron chi connectivity index (χ3n) is 2.33. The van der Waals surface area contributed by atoms with Gasteiger partial charge in [0.15, 0.2) is 0 Å². The molecule has 2 aromatic carbocycles. The minimum Gasteiger partial charge on any atom is -0.312 e. The zero-order valence-corrected chi connectivity index (χ0v) is 10.1. The molecular formula is C13H12BrN. The fourth-order valence-corrected chi connectivity index (χ4v) is 1.73. The summed E-state index contributed by atoms with van der Waals surface area (Å²) >= 11 is 3.40. The zero-order valence-electron chi connectivity index (χ0n) is 8.52. The van der Waals surface area contributed by atoms with E-state index in [9.17, 15) is 0 Å². The van der Waals surface area contributed by atoms with Crippen molar-refractivity contribution < 1.29 is 0 Å². The Morgan fingerprint density at radius 3 is 1.87 bits per heavy atom. The molecule has 0 atom stereocenters. The van der Waals surface area contributed by atoms with Crippen LogP contribution in [0.15, 0.2) is 54.6 Å². The predicted molar refractivity (Wildman–Crippen MR) is 69.2 cm³/mol. The summed E-state index contributed by atoms with van der Waals surface area (Å²) in [6.45, 7) is 0. The fraction of sp³-hybridized carbons (Fsp3) is 0.0769. The van der Waals surface area contributed by atoms with Gasteiger partial charge in [0.05, 0.1) is 0 Å². The van der Waals surface area contributed by atoms with Crippen LogP contribution in [-0.4, -0.2) is 7.05 Å². The lowest BCUT2D eigenvalue weighted by Gasteiger charge is -2.10. The maximum Gasteiger partial charge on any atom is 0.0493 e. The predicted octanol–water partition coefficient (Wildman–Crippen LogP) is 4.10. The highest BCUT2D eigenvalue weighted by atomic mass is 79.9. The third-order valence-corrected chi connectivity index (χ3v) is 2.74. The highest BCUT2D eigenvalue weighted by molar-refractivity contribution is 9.10. The Balaban J connectivity index is 2.32. The Morgan fingerprint density at radius 2 is 1.33 bits per heavy atom. The average Bonchev–Trinajstić information content (AvgIpc) is 2.30. The lowest BCUT2D eigenvalue weighted by molar-refractivity contribution is 1.39. The molecule has 0 amide bonds. The molecule has 0 saturated carbocycles. The summed E-state index contributed by atoms with van der Waals surface area (Å²) in [5.41, 5.74) is 3.64. The van der Waals surface area contributed by atoms with Gasteiger partial charge in [-0.25, -0.2) is 0 Å². The van der Waals surface area contributed by atoms with Gasteiger partial charge in [-0.05, 0) is 23.3 Å². The summed E-state index contributed by atoms with van der Waals surface area (Å²) in [4.78, 5) is 0. The number of hydrogen-bond donors (Lipinski definition) is 0. The van der Waals surface area contributed by atoms with Gasteiger partial charge in [0.25, 0.3) is 0 Å². The van der Waals surface area contributed by atoms with Crippen LogP contribution in [0.1, 0.15) is 0 Å². The molecule has 0 heterocycles. The first-order chi connectivity index (χ1) is 7.27. The zero-order chi connectivity index (χ0) is 10.7. The molecule has 0 saturated heterocycles. The third kappa shape index (κ3) is 2.39. The van der Waals surface area contributed by atoms with Crippen molar-refractivity contribution in [3.63, 3.8) is 0 Å². The van der Waals surface area contributed by atoms with Crippen molar-refractivity contribution >= 4 is 21.8 Å². The molecule has 0 aliphatic rings. The van der Waals surface area contributed by atoms with E-state index in [1.54, 1.807) is 0 Å². The van der Waals surface area contributed by atoms with E-state index >= 15 is 0 Å². The number of anilines is 1. The molecule has 0 aromatic heterocycles. The van der Waals surface area contributed by atoms with Gasteiger partial charge in [0.2, 0.25) is 0 Å². The molecule has 0 N–H and O–H groups in total. The van der Waals surface area contributed by atoms with Crippen LogP contribution in [0.3, 0.4) is 0 Å². The van der Waals surface area contributed by atoms with Crippen LogP contribution >= 0.6 is 16.1 Å². The number of halogens is 1. The van der Waals surface area contributed by atoms with Crippen LogP contribution in [-0.2, 0) is 0 Å². The van der Waals surface area contributed by atoms with Gasteiger partial charge in [0, 0.05) is 28.9 Å². The van der Waals surface area contributed by atoms with Crippen molar-refractivity contribution in [3.8, 4) is 11.1 Å². The fourth-order valence-electron chi connectivity index (χ4n) is 1.49. The van der Waals surface area contributed by atoms with Gasteiger partial charge in [-0.2, -0.15) is 0 Å². The topological polar surface area (TPSA) is 3.24 Å². The van der Waals surface area contributed by atoms with Crippen LogP contribution in [0.2, 0.25) is 0 Å². The second kappa shape index (κ2) is 4.49. The Bertz CT molecular complexity index is 420. The summed E-state index contributed by atoms with van der Waals surface area (Å²) in [6.07, 6.45) is 0. The van der Waals surface area contributed by atoms with E-state index < -0.39 is 0 Å². The van der Waals surface area contributed by atoms with E-state index in [1.165, 1.54) is 11.1 Å². The normalized spacial score (nSPS) is 10.0. The Kier molecular flexibility index (Phi) is 3.07. The van der Waals surface area contributed by atoms with Crippen molar-refractivity contribution in [2.45, 2.75) is 0 Å². The number of hydrogen-bond acceptors (Lipinski definition) is 1. The summed E-state index contributed by atoms with van der Waals surface area (Å²) in [5, 5.41) is 0. The molecule has 2 heteroatoms. The van der Waals surface area contributed by atoms with E-state index in [0.717, 1.165) is 5.69 Å². The minimum absolute atomic E-state index is 1.15. The largest absolute Gasteiger partial charge is 0.312 e. The summed E-state index contributed by atoms with van der Waals surface area (Å²) in [5.74, 6) is 0. The van der Waals surface area contributed by atoms with Crippen molar-refractivity contribution in [3.05, 3.63) is 54.6 Å². The van der Waals surface area contributed by atoms with E-state index in [4.69, 9.17) is 0 Å². The van der Waals surface area contributed by atoms with E-state index in [1.807, 2.05) is 17.0 Å². The van der Waals surface area contributed by atoms with Crippen LogP contribution in [0.4, 0.5) is 5.69 Å². The van der Waals surface area contributed by atoms with Crippen molar-refractivity contribution in [1.29, 1.82) is 0 Å². The van der Waals surface area contributed by atoms with Gasteiger partial charge in [-0.1, -0.05) is 42.5 Å². The molecule has 0 fully saturated rings. The van der Waals surface area contributed by atoms with Crippen LogP contribution in [0.25, 0.3) is 11.1 Å². The number of benzene rings is 2. The second-order valence-electron chi connectivity index (χ2n) is 3.39. The van der Waals surface area contributed by atoms with Crippen LogP contribution < -0.4 is 3.93 Å². The average molecular weight is 262 g/mol. The molecule has 0 bridgehead atoms. The maximum absolute atomic E-state index is 3.40. The van der Waals surface area contributed by atoms with E-state index in [2.05, 4.69) is 64.7 Å². The lowest BCUT2D eigenvalue weighted by atomic mass is 10.1. The monoisotopic (exact) mass is 261 g/mol. The van der Waals surface area contributed by atoms with Gasteiger partial charge < -0.3 is 3.93 Å². The number of rotatable bonds is 2. The van der Waals surface area contributed by atoms with Crippen LogP contribution in [0, 0.1) is 0 Å². The highest BCUT2D eigenvalue weighted by Crippen LogP contribution is 2.23. The molecule has 76 valence electrons. The molecule has 15 heavy (non-hydrogen) atoms. The van der Waals surface area contributed by atoms with Crippen LogP contribution in [0.5, 0.6) is 0 Å². The quantitative estimate of drug-likeness (QED) is 0.736. The molecule has 0 unspecified atom stereocenters. The number of nitrogens with zero attached hydrogens (tertiary/aromatic N) is 1. The molecule has 0 aliphatic heterocycles. The summed E-state index contributed by atoms with van der Waals surface area (Å²) in [6, 6.07) is 18.8. The molecule has 1 nitrogen and oxygen atoms in total. The van der Waals surface area contributed by atoms with Crippen molar-refractivity contribution in [1.82, 2.24) is 0 Å². The minimum atomic E-state index is 1.15. The van der Waals surface area contributed by atoms with E-state index in [-0.39, 0.29) is 0 Å². The molecular weight excluding hydrogens is 250 g/mol. The molecule has 2 rings (SSSR count). The molecule has 0 radical (unpaired) electrons. The van der Waals surface area contributed by atoms with E-state index in [0.29, 0.717) is 0 Å². The maximum atomic E-state index is 3.40. The van der Waals surface area contributed by atoms with Gasteiger partial charge in [-0.15, -0.1) is 0 Å². The second-order valence-corrected chi connectivity index (χ2v) is 4.45. The molecule has 0 aliphatic carbocycles. The SMILES string of the molecule is CN(Br)c1ccc(-c2ccccc2)cc1. The molecule has 0 spiro atoms. The Hall–Kier alpha value is -1.28. The summed E-state index contributed by atoms with van der Waals surface area (Å²) < 4.78 is 1.92. The first-order valence-electron chi connectivity index (χ1n) is 4.82. The Labute approximate surface area is 98.7 Å². The summed E-state index contributed by atoms with van der Waals surface area (Å²) in [7, 11) is 1.97. The lowest BCUT2D eigenvalue weighted by Crippen LogP contribution is -1.98. The Morgan fingerprint density at radius 1 is 0.800 bits per heavy atom. The first kappa shape index (κ1) is 10.2. The van der Waals surface area contributed by atoms with Gasteiger partial charge >= 0.3 is 0 Å². The standard InChI is InChI=1S/C13H12BrN/c1-15(14)13-9-7-12(8-10-13)11-5-3-2-4-6-11/h2-10H,1H3. The van der Waals surface area contributed by atoms with Gasteiger partial charge in [0.1, 0.15) is 0 Å². The highest BCUT2D eigenvalue weighted by Gasteiger charge is 1.98. The first-order valence-corrected chi connectivity index (χ1v) is 5.53. The van der Waals surface area contributed by atoms with Gasteiger partial charge in [-0.3, -0.25) is 0 Å². The smallest absolute Gasteiger partial charge is 0.0493 e. The van der Waals surface area contributed by atoms with Crippen molar-refractivity contribution in [2.75, 3.05) is 11.0 Å². The van der Waals surface area contributed by atoms with Crippen molar-refractivity contribution in [2.24, 2.45) is 0 Å².